The monoisotopic (exact) mass is 342 g/mol. The minimum Gasteiger partial charge on any atom is -0.445 e. The third kappa shape index (κ3) is 3.37. The quantitative estimate of drug-likeness (QED) is 0.829. The molecule has 1 aliphatic carbocycles. The van der Waals surface area contributed by atoms with Crippen molar-refractivity contribution < 1.29 is 14.3 Å². The molecule has 1 aromatic carbocycles. The summed E-state index contributed by atoms with van der Waals surface area (Å²) in [6.07, 6.45) is 6.81. The standard InChI is InChI=1S/C20H26N2O3/c23-19-13-21(20(24)25-14-15-7-3-1-4-8-15)12-17-11-16-9-5-2-6-10-18(16)22(17)19/h1,3-4,7-8,16-18H,2,5-6,9-14H2/t16-,17-,18+/m0/s1. The first-order valence-electron chi connectivity index (χ1n) is 9.49. The van der Waals surface area contributed by atoms with E-state index in [0.29, 0.717) is 18.5 Å². The topological polar surface area (TPSA) is 49.9 Å². The van der Waals surface area contributed by atoms with Crippen molar-refractivity contribution in [3.05, 3.63) is 35.9 Å². The van der Waals surface area contributed by atoms with E-state index in [-0.39, 0.29) is 31.2 Å². The third-order valence-electron chi connectivity index (χ3n) is 5.95. The molecule has 2 saturated heterocycles. The van der Waals surface area contributed by atoms with Crippen molar-refractivity contribution in [2.75, 3.05) is 13.1 Å². The summed E-state index contributed by atoms with van der Waals surface area (Å²) >= 11 is 0. The number of fused-ring (bicyclic) bond motifs is 3. The van der Waals surface area contributed by atoms with E-state index >= 15 is 0 Å². The van der Waals surface area contributed by atoms with Crippen LogP contribution in [0, 0.1) is 5.92 Å². The van der Waals surface area contributed by atoms with Gasteiger partial charge in [-0.2, -0.15) is 0 Å². The Morgan fingerprint density at radius 1 is 1.12 bits per heavy atom. The predicted molar refractivity (Wildman–Crippen MR) is 93.8 cm³/mol. The van der Waals surface area contributed by atoms with Crippen molar-refractivity contribution in [2.45, 2.75) is 57.2 Å². The molecule has 2 amide bonds. The Kier molecular flexibility index (Phi) is 4.64. The first-order valence-corrected chi connectivity index (χ1v) is 9.49. The van der Waals surface area contributed by atoms with Gasteiger partial charge in [0.2, 0.25) is 5.91 Å². The average Bonchev–Trinajstić information content (AvgIpc) is 2.83. The van der Waals surface area contributed by atoms with Crippen molar-refractivity contribution in [1.82, 2.24) is 9.80 Å². The minimum atomic E-state index is -0.371. The van der Waals surface area contributed by atoms with E-state index in [4.69, 9.17) is 4.74 Å². The van der Waals surface area contributed by atoms with Crippen molar-refractivity contribution >= 4 is 12.0 Å². The maximum Gasteiger partial charge on any atom is 0.410 e. The van der Waals surface area contributed by atoms with Crippen molar-refractivity contribution in [2.24, 2.45) is 5.92 Å². The lowest BCUT2D eigenvalue weighted by molar-refractivity contribution is -0.139. The van der Waals surface area contributed by atoms with Gasteiger partial charge in [-0.3, -0.25) is 9.69 Å². The van der Waals surface area contributed by atoms with Crippen molar-refractivity contribution in [3.8, 4) is 0 Å². The Labute approximate surface area is 148 Å². The van der Waals surface area contributed by atoms with Gasteiger partial charge >= 0.3 is 6.09 Å². The molecule has 1 saturated carbocycles. The van der Waals surface area contributed by atoms with Gasteiger partial charge in [0, 0.05) is 12.6 Å². The van der Waals surface area contributed by atoms with E-state index in [1.54, 1.807) is 4.90 Å². The number of rotatable bonds is 2. The number of amides is 2. The van der Waals surface area contributed by atoms with Crippen LogP contribution in [0.25, 0.3) is 0 Å². The molecule has 0 bridgehead atoms. The Morgan fingerprint density at radius 2 is 1.92 bits per heavy atom. The van der Waals surface area contributed by atoms with Gasteiger partial charge < -0.3 is 9.64 Å². The van der Waals surface area contributed by atoms with Crippen LogP contribution in [0.2, 0.25) is 0 Å². The van der Waals surface area contributed by atoms with Crippen LogP contribution in [0.4, 0.5) is 4.79 Å². The molecule has 0 unspecified atom stereocenters. The van der Waals surface area contributed by atoms with Gasteiger partial charge in [-0.05, 0) is 30.7 Å². The molecule has 0 N–H and O–H groups in total. The maximum atomic E-state index is 12.7. The first-order chi connectivity index (χ1) is 12.2. The van der Waals surface area contributed by atoms with E-state index < -0.39 is 0 Å². The fourth-order valence-corrected chi connectivity index (χ4v) is 4.80. The zero-order valence-corrected chi connectivity index (χ0v) is 14.6. The second-order valence-electron chi connectivity index (χ2n) is 7.58. The maximum absolute atomic E-state index is 12.7. The fourth-order valence-electron chi connectivity index (χ4n) is 4.80. The summed E-state index contributed by atoms with van der Waals surface area (Å²) in [6, 6.07) is 10.2. The number of carbonyl (C=O) groups excluding carboxylic acids is 2. The van der Waals surface area contributed by atoms with Crippen LogP contribution < -0.4 is 0 Å². The molecule has 0 radical (unpaired) electrons. The van der Waals surface area contributed by atoms with Crippen LogP contribution in [-0.4, -0.2) is 47.0 Å². The molecule has 3 aliphatic rings. The summed E-state index contributed by atoms with van der Waals surface area (Å²) in [4.78, 5) is 28.8. The minimum absolute atomic E-state index is 0.0994. The first kappa shape index (κ1) is 16.4. The number of hydrogen-bond acceptors (Lipinski definition) is 3. The molecule has 2 heterocycles. The summed E-state index contributed by atoms with van der Waals surface area (Å²) < 4.78 is 5.42. The molecular formula is C20H26N2O3. The smallest absolute Gasteiger partial charge is 0.410 e. The van der Waals surface area contributed by atoms with E-state index in [9.17, 15) is 9.59 Å². The number of ether oxygens (including phenoxy) is 1. The largest absolute Gasteiger partial charge is 0.445 e. The summed E-state index contributed by atoms with van der Waals surface area (Å²) in [5.74, 6) is 0.721. The molecular weight excluding hydrogens is 316 g/mol. The van der Waals surface area contributed by atoms with Crippen LogP contribution >= 0.6 is 0 Å². The Hall–Kier alpha value is -2.04. The second-order valence-corrected chi connectivity index (χ2v) is 7.58. The number of benzene rings is 1. The van der Waals surface area contributed by atoms with Gasteiger partial charge in [-0.25, -0.2) is 4.79 Å². The average molecular weight is 342 g/mol. The van der Waals surface area contributed by atoms with Crippen LogP contribution in [0.1, 0.15) is 44.1 Å². The summed E-state index contributed by atoms with van der Waals surface area (Å²) in [6.45, 7) is 1.03. The highest BCUT2D eigenvalue weighted by atomic mass is 16.6. The van der Waals surface area contributed by atoms with Gasteiger partial charge in [-0.15, -0.1) is 0 Å². The molecule has 3 fully saturated rings. The Bertz CT molecular complexity index is 633. The molecule has 4 rings (SSSR count). The molecule has 0 aromatic heterocycles. The van der Waals surface area contributed by atoms with Gasteiger partial charge in [0.1, 0.15) is 13.2 Å². The molecule has 3 atom stereocenters. The highest BCUT2D eigenvalue weighted by Crippen LogP contribution is 2.40. The van der Waals surface area contributed by atoms with E-state index in [1.807, 2.05) is 30.3 Å². The van der Waals surface area contributed by atoms with Crippen LogP contribution in [-0.2, 0) is 16.1 Å². The molecule has 2 aliphatic heterocycles. The van der Waals surface area contributed by atoms with Gasteiger partial charge in [0.25, 0.3) is 0 Å². The predicted octanol–water partition coefficient (Wildman–Crippen LogP) is 3.19. The summed E-state index contributed by atoms with van der Waals surface area (Å²) in [5, 5.41) is 0. The fraction of sp³-hybridized carbons (Fsp3) is 0.600. The van der Waals surface area contributed by atoms with E-state index in [2.05, 4.69) is 4.90 Å². The summed E-state index contributed by atoms with van der Waals surface area (Å²) in [7, 11) is 0. The molecule has 25 heavy (non-hydrogen) atoms. The number of piperazine rings is 1. The zero-order valence-electron chi connectivity index (χ0n) is 14.6. The van der Waals surface area contributed by atoms with Gasteiger partial charge in [0.05, 0.1) is 6.04 Å². The van der Waals surface area contributed by atoms with Crippen LogP contribution in [0.3, 0.4) is 0 Å². The lowest BCUT2D eigenvalue weighted by Crippen LogP contribution is -2.57. The van der Waals surface area contributed by atoms with Gasteiger partial charge in [0.15, 0.2) is 0 Å². The third-order valence-corrected chi connectivity index (χ3v) is 5.95. The highest BCUT2D eigenvalue weighted by molar-refractivity contribution is 5.84. The SMILES string of the molecule is O=C(OCc1ccccc1)N1CC(=O)N2[C@@H](C[C@@H]3CCCCC[C@H]32)C1. The van der Waals surface area contributed by atoms with Crippen molar-refractivity contribution in [3.63, 3.8) is 0 Å². The molecule has 5 nitrogen and oxygen atoms in total. The van der Waals surface area contributed by atoms with Gasteiger partial charge in [-0.1, -0.05) is 49.6 Å². The number of carbonyl (C=O) groups is 2. The number of hydrogen-bond donors (Lipinski definition) is 0. The second kappa shape index (κ2) is 7.06. The van der Waals surface area contributed by atoms with Crippen LogP contribution in [0.5, 0.6) is 0 Å². The van der Waals surface area contributed by atoms with E-state index in [0.717, 1.165) is 18.4 Å². The lowest BCUT2D eigenvalue weighted by atomic mass is 9.94. The molecule has 1 aromatic rings. The molecule has 134 valence electrons. The summed E-state index contributed by atoms with van der Waals surface area (Å²) in [5.41, 5.74) is 0.962. The normalized spacial score (nSPS) is 29.0. The number of nitrogens with zero attached hydrogens (tertiary/aromatic N) is 2. The Balaban J connectivity index is 1.38. The Morgan fingerprint density at radius 3 is 2.76 bits per heavy atom. The van der Waals surface area contributed by atoms with Crippen molar-refractivity contribution in [1.29, 1.82) is 0 Å². The molecule has 5 heteroatoms. The van der Waals surface area contributed by atoms with E-state index in [1.165, 1.54) is 25.7 Å². The lowest BCUT2D eigenvalue weighted by Gasteiger charge is -2.39. The van der Waals surface area contributed by atoms with Crippen LogP contribution in [0.15, 0.2) is 30.3 Å². The highest BCUT2D eigenvalue weighted by Gasteiger charge is 2.47. The zero-order chi connectivity index (χ0) is 17.2. The molecule has 0 spiro atoms.